The van der Waals surface area contributed by atoms with Crippen molar-refractivity contribution in [3.05, 3.63) is 58.1 Å². The fourth-order valence-electron chi connectivity index (χ4n) is 2.09. The number of nitrogens with zero attached hydrogens (tertiary/aromatic N) is 1. The quantitative estimate of drug-likeness (QED) is 0.863. The standard InChI is InChI=1S/C16H19BrN2/c1-12-6-7-14(17)10-13(12)8-9-19(2)16-5-3-4-15(18)11-16/h3-7,10-11H,8-9,18H2,1-2H3. The second-order valence-electron chi connectivity index (χ2n) is 4.84. The predicted molar refractivity (Wildman–Crippen MR) is 86.7 cm³/mol. The molecule has 2 aromatic rings. The third-order valence-electron chi connectivity index (χ3n) is 3.34. The van der Waals surface area contributed by atoms with Gasteiger partial charge in [-0.25, -0.2) is 0 Å². The van der Waals surface area contributed by atoms with E-state index in [-0.39, 0.29) is 0 Å². The van der Waals surface area contributed by atoms with E-state index in [2.05, 4.69) is 59.1 Å². The smallest absolute Gasteiger partial charge is 0.0384 e. The number of likely N-dealkylation sites (N-methyl/N-ethyl adjacent to an activating group) is 1. The lowest BCUT2D eigenvalue weighted by molar-refractivity contribution is 0.871. The maximum absolute atomic E-state index is 5.81. The topological polar surface area (TPSA) is 29.3 Å². The molecule has 0 fully saturated rings. The molecule has 2 nitrogen and oxygen atoms in total. The highest BCUT2D eigenvalue weighted by Crippen LogP contribution is 2.19. The van der Waals surface area contributed by atoms with E-state index in [1.54, 1.807) is 0 Å². The van der Waals surface area contributed by atoms with Crippen LogP contribution in [0.3, 0.4) is 0 Å². The third kappa shape index (κ3) is 3.74. The van der Waals surface area contributed by atoms with Crippen molar-refractivity contribution in [2.24, 2.45) is 0 Å². The lowest BCUT2D eigenvalue weighted by Crippen LogP contribution is -2.20. The first-order valence-corrected chi connectivity index (χ1v) is 7.17. The zero-order valence-electron chi connectivity index (χ0n) is 11.4. The van der Waals surface area contributed by atoms with Gasteiger partial charge in [0.2, 0.25) is 0 Å². The van der Waals surface area contributed by atoms with Gasteiger partial charge in [0, 0.05) is 29.4 Å². The van der Waals surface area contributed by atoms with Gasteiger partial charge in [0.1, 0.15) is 0 Å². The van der Waals surface area contributed by atoms with Crippen LogP contribution in [-0.4, -0.2) is 13.6 Å². The highest BCUT2D eigenvalue weighted by molar-refractivity contribution is 9.10. The Morgan fingerprint density at radius 3 is 2.68 bits per heavy atom. The van der Waals surface area contributed by atoms with Crippen LogP contribution in [-0.2, 0) is 6.42 Å². The van der Waals surface area contributed by atoms with Crippen LogP contribution in [0.15, 0.2) is 46.9 Å². The monoisotopic (exact) mass is 318 g/mol. The molecule has 0 amide bonds. The highest BCUT2D eigenvalue weighted by Gasteiger charge is 2.04. The molecule has 2 rings (SSSR count). The summed E-state index contributed by atoms with van der Waals surface area (Å²) in [5, 5.41) is 0. The van der Waals surface area contributed by atoms with E-state index in [9.17, 15) is 0 Å². The molecule has 0 bridgehead atoms. The first-order valence-electron chi connectivity index (χ1n) is 6.38. The summed E-state index contributed by atoms with van der Waals surface area (Å²) >= 11 is 3.53. The van der Waals surface area contributed by atoms with Crippen LogP contribution in [0.25, 0.3) is 0 Å². The molecular weight excluding hydrogens is 300 g/mol. The van der Waals surface area contributed by atoms with Crippen molar-refractivity contribution in [1.29, 1.82) is 0 Å². The minimum Gasteiger partial charge on any atom is -0.399 e. The van der Waals surface area contributed by atoms with Crippen LogP contribution in [0.2, 0.25) is 0 Å². The Hall–Kier alpha value is -1.48. The number of nitrogens with two attached hydrogens (primary N) is 1. The van der Waals surface area contributed by atoms with Gasteiger partial charge in [-0.05, 0) is 54.8 Å². The van der Waals surface area contributed by atoms with Crippen LogP contribution in [0.1, 0.15) is 11.1 Å². The molecule has 0 radical (unpaired) electrons. The number of hydrogen-bond donors (Lipinski definition) is 1. The van der Waals surface area contributed by atoms with Gasteiger partial charge < -0.3 is 10.6 Å². The molecule has 0 spiro atoms. The maximum atomic E-state index is 5.81. The van der Waals surface area contributed by atoms with Crippen molar-refractivity contribution in [2.75, 3.05) is 24.2 Å². The molecule has 0 atom stereocenters. The first-order chi connectivity index (χ1) is 9.06. The first kappa shape index (κ1) is 13.9. The van der Waals surface area contributed by atoms with Gasteiger partial charge in [-0.15, -0.1) is 0 Å². The zero-order chi connectivity index (χ0) is 13.8. The van der Waals surface area contributed by atoms with Gasteiger partial charge in [0.05, 0.1) is 0 Å². The van der Waals surface area contributed by atoms with Gasteiger partial charge in [0.25, 0.3) is 0 Å². The Kier molecular flexibility index (Phi) is 4.48. The molecule has 100 valence electrons. The highest BCUT2D eigenvalue weighted by atomic mass is 79.9. The van der Waals surface area contributed by atoms with E-state index in [1.165, 1.54) is 11.1 Å². The molecule has 3 heteroatoms. The second-order valence-corrected chi connectivity index (χ2v) is 5.75. The van der Waals surface area contributed by atoms with Crippen molar-refractivity contribution in [3.8, 4) is 0 Å². The number of hydrogen-bond acceptors (Lipinski definition) is 2. The van der Waals surface area contributed by atoms with E-state index >= 15 is 0 Å². The summed E-state index contributed by atoms with van der Waals surface area (Å²) in [6.45, 7) is 3.13. The maximum Gasteiger partial charge on any atom is 0.0384 e. The lowest BCUT2D eigenvalue weighted by Gasteiger charge is -2.20. The summed E-state index contributed by atoms with van der Waals surface area (Å²) in [4.78, 5) is 2.23. The number of anilines is 2. The van der Waals surface area contributed by atoms with Crippen LogP contribution < -0.4 is 10.6 Å². The fraction of sp³-hybridized carbons (Fsp3) is 0.250. The largest absolute Gasteiger partial charge is 0.399 e. The van der Waals surface area contributed by atoms with Gasteiger partial charge in [-0.3, -0.25) is 0 Å². The zero-order valence-corrected chi connectivity index (χ0v) is 12.9. The third-order valence-corrected chi connectivity index (χ3v) is 3.83. The molecule has 19 heavy (non-hydrogen) atoms. The van der Waals surface area contributed by atoms with Gasteiger partial charge in [-0.2, -0.15) is 0 Å². The van der Waals surface area contributed by atoms with Crippen LogP contribution in [0.5, 0.6) is 0 Å². The average molecular weight is 319 g/mol. The molecule has 0 aliphatic carbocycles. The summed E-state index contributed by atoms with van der Waals surface area (Å²) in [6.07, 6.45) is 1.02. The van der Waals surface area contributed by atoms with Gasteiger partial charge in [0.15, 0.2) is 0 Å². The summed E-state index contributed by atoms with van der Waals surface area (Å²) < 4.78 is 1.14. The molecule has 2 aromatic carbocycles. The molecule has 2 N–H and O–H groups in total. The average Bonchev–Trinajstić information content (AvgIpc) is 2.39. The Morgan fingerprint density at radius 1 is 1.16 bits per heavy atom. The van der Waals surface area contributed by atoms with Crippen LogP contribution in [0.4, 0.5) is 11.4 Å². The van der Waals surface area contributed by atoms with E-state index in [1.807, 2.05) is 18.2 Å². The van der Waals surface area contributed by atoms with E-state index in [0.29, 0.717) is 0 Å². The van der Waals surface area contributed by atoms with Crippen molar-refractivity contribution in [3.63, 3.8) is 0 Å². The SMILES string of the molecule is Cc1ccc(Br)cc1CCN(C)c1cccc(N)c1. The lowest BCUT2D eigenvalue weighted by atomic mass is 10.1. The molecule has 0 heterocycles. The summed E-state index contributed by atoms with van der Waals surface area (Å²) in [5.74, 6) is 0. The number of halogens is 1. The Balaban J connectivity index is 2.04. The normalized spacial score (nSPS) is 10.5. The minimum atomic E-state index is 0.808. The molecule has 0 saturated heterocycles. The Morgan fingerprint density at radius 2 is 1.95 bits per heavy atom. The summed E-state index contributed by atoms with van der Waals surface area (Å²) in [7, 11) is 2.10. The van der Waals surface area contributed by atoms with Crippen LogP contribution in [0, 0.1) is 6.92 Å². The van der Waals surface area contributed by atoms with Gasteiger partial charge in [-0.1, -0.05) is 28.1 Å². The summed E-state index contributed by atoms with van der Waals surface area (Å²) in [5.41, 5.74) is 10.5. The Bertz CT molecular complexity index is 566. The molecule has 0 aliphatic heterocycles. The van der Waals surface area contributed by atoms with E-state index in [4.69, 9.17) is 5.73 Å². The van der Waals surface area contributed by atoms with Crippen molar-refractivity contribution in [2.45, 2.75) is 13.3 Å². The molecule has 0 aliphatic rings. The number of rotatable bonds is 4. The van der Waals surface area contributed by atoms with Crippen molar-refractivity contribution >= 4 is 27.3 Å². The molecule has 0 saturated carbocycles. The fourth-order valence-corrected chi connectivity index (χ4v) is 2.50. The number of benzene rings is 2. The second kappa shape index (κ2) is 6.11. The number of aryl methyl sites for hydroxylation is 1. The van der Waals surface area contributed by atoms with Crippen LogP contribution >= 0.6 is 15.9 Å². The molecule has 0 aromatic heterocycles. The van der Waals surface area contributed by atoms with Crippen molar-refractivity contribution in [1.82, 2.24) is 0 Å². The van der Waals surface area contributed by atoms with E-state index in [0.717, 1.165) is 28.8 Å². The van der Waals surface area contributed by atoms with Crippen molar-refractivity contribution < 1.29 is 0 Å². The molecule has 0 unspecified atom stereocenters. The number of nitrogen functional groups attached to an aromatic ring is 1. The minimum absolute atomic E-state index is 0.808. The molecular formula is C16H19BrN2. The Labute approximate surface area is 123 Å². The predicted octanol–water partition coefficient (Wildman–Crippen LogP) is 4.02. The van der Waals surface area contributed by atoms with E-state index < -0.39 is 0 Å². The van der Waals surface area contributed by atoms with Gasteiger partial charge >= 0.3 is 0 Å². The summed E-state index contributed by atoms with van der Waals surface area (Å²) in [6, 6.07) is 14.4.